The molecule has 0 radical (unpaired) electrons. The van der Waals surface area contributed by atoms with Crippen LogP contribution in [-0.2, 0) is 16.1 Å². The molecule has 0 unspecified atom stereocenters. The zero-order chi connectivity index (χ0) is 26.6. The van der Waals surface area contributed by atoms with Gasteiger partial charge < -0.3 is 19.7 Å². The van der Waals surface area contributed by atoms with E-state index in [4.69, 9.17) is 9.47 Å². The number of nitrogens with zero attached hydrogens (tertiary/aromatic N) is 1. The maximum atomic E-state index is 13.6. The fourth-order valence-corrected chi connectivity index (χ4v) is 5.57. The minimum absolute atomic E-state index is 0.0171. The average molecular weight is 523 g/mol. The second kappa shape index (κ2) is 11.8. The summed E-state index contributed by atoms with van der Waals surface area (Å²) >= 11 is 0. The van der Waals surface area contributed by atoms with E-state index in [9.17, 15) is 22.4 Å². The van der Waals surface area contributed by atoms with Crippen LogP contribution in [0, 0.1) is 5.82 Å². The average Bonchev–Trinajstić information content (AvgIpc) is 3.25. The lowest BCUT2D eigenvalue weighted by Gasteiger charge is -2.35. The van der Waals surface area contributed by atoms with Gasteiger partial charge in [0.2, 0.25) is 0 Å². The molecule has 1 N–H and O–H groups in total. The lowest BCUT2D eigenvalue weighted by molar-refractivity contribution is -0.189. The van der Waals surface area contributed by atoms with Gasteiger partial charge in [-0.1, -0.05) is 24.3 Å². The highest BCUT2D eigenvalue weighted by molar-refractivity contribution is 5.82. The Hall–Kier alpha value is -2.65. The largest absolute Gasteiger partial charge is 0.497 e. The second-order valence-electron chi connectivity index (χ2n) is 10.1. The minimum Gasteiger partial charge on any atom is -0.497 e. The Morgan fingerprint density at radius 1 is 1.08 bits per heavy atom. The van der Waals surface area contributed by atoms with Crippen molar-refractivity contribution in [2.24, 2.45) is 0 Å². The molecule has 4 rings (SSSR count). The van der Waals surface area contributed by atoms with Gasteiger partial charge in [-0.05, 0) is 80.3 Å². The molecular formula is C28H34F4N2O3. The van der Waals surface area contributed by atoms with Crippen LogP contribution >= 0.6 is 0 Å². The van der Waals surface area contributed by atoms with Crippen LogP contribution in [0.15, 0.2) is 48.5 Å². The Labute approximate surface area is 215 Å². The fraction of sp³-hybridized carbons (Fsp3) is 0.536. The normalized spacial score (nSPS) is 26.2. The third kappa shape index (κ3) is 7.02. The summed E-state index contributed by atoms with van der Waals surface area (Å²) in [6, 6.07) is 12.2. The summed E-state index contributed by atoms with van der Waals surface area (Å²) in [5.41, 5.74) is 1.58. The molecule has 1 amide bonds. The van der Waals surface area contributed by atoms with Crippen molar-refractivity contribution >= 4 is 5.91 Å². The van der Waals surface area contributed by atoms with Crippen molar-refractivity contribution in [3.63, 3.8) is 0 Å². The zero-order valence-electron chi connectivity index (χ0n) is 21.1. The molecule has 5 nitrogen and oxygen atoms in total. The van der Waals surface area contributed by atoms with E-state index >= 15 is 0 Å². The monoisotopic (exact) mass is 522 g/mol. The molecule has 2 aromatic rings. The number of amides is 1. The van der Waals surface area contributed by atoms with Crippen LogP contribution in [0.4, 0.5) is 17.6 Å². The van der Waals surface area contributed by atoms with E-state index < -0.39 is 24.2 Å². The third-order valence-electron chi connectivity index (χ3n) is 7.48. The van der Waals surface area contributed by atoms with E-state index in [2.05, 4.69) is 5.32 Å². The minimum atomic E-state index is -4.97. The first-order valence-corrected chi connectivity index (χ1v) is 12.8. The van der Waals surface area contributed by atoms with E-state index in [1.54, 1.807) is 36.4 Å². The van der Waals surface area contributed by atoms with E-state index in [-0.39, 0.29) is 37.0 Å². The summed E-state index contributed by atoms with van der Waals surface area (Å²) in [4.78, 5) is 13.5. The molecule has 9 heteroatoms. The Balaban J connectivity index is 1.40. The van der Waals surface area contributed by atoms with Gasteiger partial charge in [0.1, 0.15) is 11.6 Å². The summed E-state index contributed by atoms with van der Waals surface area (Å²) in [6.45, 7) is 1.96. The van der Waals surface area contributed by atoms with Gasteiger partial charge in [-0.2, -0.15) is 13.2 Å². The van der Waals surface area contributed by atoms with E-state index in [0.29, 0.717) is 17.7 Å². The summed E-state index contributed by atoms with van der Waals surface area (Å²) in [6.07, 6.45) is -1.27. The highest BCUT2D eigenvalue weighted by Crippen LogP contribution is 2.35. The van der Waals surface area contributed by atoms with Crippen LogP contribution in [0.25, 0.3) is 0 Å². The predicted molar refractivity (Wildman–Crippen MR) is 132 cm³/mol. The molecule has 2 fully saturated rings. The Morgan fingerprint density at radius 2 is 1.78 bits per heavy atom. The second-order valence-corrected chi connectivity index (χ2v) is 10.1. The molecule has 202 valence electrons. The van der Waals surface area contributed by atoms with E-state index in [1.165, 1.54) is 13.2 Å². The molecule has 2 aromatic carbocycles. The van der Waals surface area contributed by atoms with Gasteiger partial charge in [0.15, 0.2) is 0 Å². The van der Waals surface area contributed by atoms with Crippen molar-refractivity contribution in [1.82, 2.24) is 10.2 Å². The molecule has 1 heterocycles. The van der Waals surface area contributed by atoms with Crippen LogP contribution in [0.5, 0.6) is 5.75 Å². The number of nitrogens with one attached hydrogen (secondary N) is 1. The van der Waals surface area contributed by atoms with E-state index in [0.717, 1.165) is 36.1 Å². The zero-order valence-corrected chi connectivity index (χ0v) is 21.1. The van der Waals surface area contributed by atoms with Gasteiger partial charge in [0.25, 0.3) is 0 Å². The summed E-state index contributed by atoms with van der Waals surface area (Å²) in [7, 11) is 1.51. The molecule has 1 saturated heterocycles. The van der Waals surface area contributed by atoms with Crippen LogP contribution < -0.4 is 10.1 Å². The van der Waals surface area contributed by atoms with Gasteiger partial charge >= 0.3 is 12.1 Å². The van der Waals surface area contributed by atoms with Crippen LogP contribution in [-0.4, -0.2) is 54.9 Å². The number of ether oxygens (including phenoxy) is 2. The fourth-order valence-electron chi connectivity index (χ4n) is 5.57. The first-order chi connectivity index (χ1) is 17.6. The highest BCUT2D eigenvalue weighted by atomic mass is 19.4. The predicted octanol–water partition coefficient (Wildman–Crippen LogP) is 5.59. The van der Waals surface area contributed by atoms with Gasteiger partial charge in [0.05, 0.1) is 31.9 Å². The van der Waals surface area contributed by atoms with Gasteiger partial charge in [-0.25, -0.2) is 4.39 Å². The number of carbonyl (C=O) groups is 1. The Morgan fingerprint density at radius 3 is 2.41 bits per heavy atom. The highest BCUT2D eigenvalue weighted by Gasteiger charge is 2.48. The summed E-state index contributed by atoms with van der Waals surface area (Å²) in [5, 5.41) is 3.33. The molecule has 1 saturated carbocycles. The third-order valence-corrected chi connectivity index (χ3v) is 7.48. The number of halogens is 4. The summed E-state index contributed by atoms with van der Waals surface area (Å²) < 4.78 is 65.7. The lowest BCUT2D eigenvalue weighted by Crippen LogP contribution is -2.52. The Kier molecular flexibility index (Phi) is 8.75. The molecular weight excluding hydrogens is 488 g/mol. The van der Waals surface area contributed by atoms with Gasteiger partial charge in [-0.15, -0.1) is 0 Å². The van der Waals surface area contributed by atoms with Crippen molar-refractivity contribution in [1.29, 1.82) is 0 Å². The van der Waals surface area contributed by atoms with Gasteiger partial charge in [0, 0.05) is 12.6 Å². The molecule has 3 atom stereocenters. The van der Waals surface area contributed by atoms with Gasteiger partial charge in [-0.3, -0.25) is 4.79 Å². The molecule has 0 aromatic heterocycles. The number of benzene rings is 2. The number of hydrogen-bond donors (Lipinski definition) is 1. The van der Waals surface area contributed by atoms with Crippen LogP contribution in [0.1, 0.15) is 56.1 Å². The molecule has 37 heavy (non-hydrogen) atoms. The standard InChI is InChI=1S/C28H34F4N2O3/c1-18-14-26(34(27(35)28(30,31)32)16-19-6-10-23(36-2)11-7-19)25(33-18)17-37-24-12-8-20(9-13-24)21-4-3-5-22(29)15-21/h3-7,10-11,15,18,20,24-26,33H,8-9,12-14,16-17H2,1-2H3/t18-,20?,24?,25+,26+/m1/s1. The maximum absolute atomic E-state index is 13.6. The van der Waals surface area contributed by atoms with Crippen LogP contribution in [0.2, 0.25) is 0 Å². The lowest BCUT2D eigenvalue weighted by atomic mass is 9.82. The Bertz CT molecular complexity index is 1040. The molecule has 1 aliphatic heterocycles. The maximum Gasteiger partial charge on any atom is 0.471 e. The van der Waals surface area contributed by atoms with Crippen molar-refractivity contribution in [3.05, 3.63) is 65.5 Å². The van der Waals surface area contributed by atoms with Crippen molar-refractivity contribution in [2.45, 2.75) is 81.9 Å². The number of alkyl halides is 3. The quantitative estimate of drug-likeness (QED) is 0.460. The van der Waals surface area contributed by atoms with Crippen molar-refractivity contribution in [2.75, 3.05) is 13.7 Å². The molecule has 0 spiro atoms. The number of hydrogen-bond acceptors (Lipinski definition) is 4. The van der Waals surface area contributed by atoms with E-state index in [1.807, 2.05) is 13.0 Å². The van der Waals surface area contributed by atoms with Crippen LogP contribution in [0.3, 0.4) is 0 Å². The first-order valence-electron chi connectivity index (χ1n) is 12.8. The SMILES string of the molecule is COc1ccc(CN(C(=O)C(F)(F)F)[C@H]2C[C@@H](C)N[C@H]2COC2CCC(c3cccc(F)c3)CC2)cc1. The molecule has 2 aliphatic rings. The summed E-state index contributed by atoms with van der Waals surface area (Å²) in [5.74, 6) is -1.22. The van der Waals surface area contributed by atoms with Crippen molar-refractivity contribution < 1.29 is 31.8 Å². The number of rotatable bonds is 8. The van der Waals surface area contributed by atoms with Crippen molar-refractivity contribution in [3.8, 4) is 5.75 Å². The first kappa shape index (κ1) is 27.4. The molecule has 1 aliphatic carbocycles. The number of carbonyl (C=O) groups excluding carboxylic acids is 1. The smallest absolute Gasteiger partial charge is 0.471 e. The molecule has 0 bridgehead atoms. The topological polar surface area (TPSA) is 50.8 Å². The number of methoxy groups -OCH3 is 1.